The zero-order valence-corrected chi connectivity index (χ0v) is 17.4. The van der Waals surface area contributed by atoms with Gasteiger partial charge >= 0.3 is 0 Å². The molecule has 2 aliphatic heterocycles. The minimum Gasteiger partial charge on any atom is -0.379 e. The Morgan fingerprint density at radius 1 is 1.03 bits per heavy atom. The van der Waals surface area contributed by atoms with Crippen LogP contribution < -0.4 is 15.5 Å². The van der Waals surface area contributed by atoms with Gasteiger partial charge in [-0.05, 0) is 30.7 Å². The summed E-state index contributed by atoms with van der Waals surface area (Å²) in [6.07, 6.45) is 1.36. The number of carbonyl (C=O) groups excluding carboxylic acids is 3. The molecule has 0 saturated carbocycles. The molecule has 2 N–H and O–H groups in total. The van der Waals surface area contributed by atoms with Gasteiger partial charge in [-0.1, -0.05) is 0 Å². The molecule has 2 heterocycles. The molecule has 0 bridgehead atoms. The average molecular weight is 439 g/mol. The minimum atomic E-state index is -3.45. The van der Waals surface area contributed by atoms with Gasteiger partial charge in [-0.15, -0.1) is 0 Å². The number of nitrogens with zero attached hydrogens (tertiary/aromatic N) is 2. The molecule has 3 amide bonds. The van der Waals surface area contributed by atoms with E-state index in [1.54, 1.807) is 29.2 Å². The number of hydrogen-bond acceptors (Lipinski definition) is 6. The highest BCUT2D eigenvalue weighted by Crippen LogP contribution is 2.21. The Bertz CT molecular complexity index is 881. The van der Waals surface area contributed by atoms with Gasteiger partial charge < -0.3 is 20.3 Å². The van der Waals surface area contributed by atoms with Crippen LogP contribution in [-0.2, 0) is 24.3 Å². The molecule has 2 fully saturated rings. The van der Waals surface area contributed by atoms with Gasteiger partial charge in [0.25, 0.3) is 5.91 Å². The van der Waals surface area contributed by atoms with Crippen molar-refractivity contribution in [2.75, 3.05) is 56.6 Å². The summed E-state index contributed by atoms with van der Waals surface area (Å²) in [7, 11) is -3.45. The van der Waals surface area contributed by atoms with Crippen LogP contribution >= 0.6 is 0 Å². The molecule has 0 radical (unpaired) electrons. The van der Waals surface area contributed by atoms with Crippen molar-refractivity contribution < 1.29 is 27.5 Å². The number of sulfonamides is 1. The summed E-state index contributed by atoms with van der Waals surface area (Å²) in [4.78, 5) is 37.6. The van der Waals surface area contributed by atoms with Crippen LogP contribution in [0.3, 0.4) is 0 Å². The van der Waals surface area contributed by atoms with Crippen LogP contribution in [0.15, 0.2) is 24.3 Å². The van der Waals surface area contributed by atoms with Crippen molar-refractivity contribution in [2.45, 2.75) is 12.8 Å². The molecule has 30 heavy (non-hydrogen) atoms. The van der Waals surface area contributed by atoms with E-state index in [1.165, 1.54) is 4.31 Å². The van der Waals surface area contributed by atoms with Crippen LogP contribution in [-0.4, -0.2) is 82.1 Å². The van der Waals surface area contributed by atoms with Crippen LogP contribution in [0.5, 0.6) is 0 Å². The van der Waals surface area contributed by atoms with E-state index >= 15 is 0 Å². The SMILES string of the molecule is O=C(CNC(=O)c1ccc(N2CCCC2=O)cc1)NCCS(=O)(=O)N1CCOCC1. The number of anilines is 1. The molecular weight excluding hydrogens is 412 g/mol. The lowest BCUT2D eigenvalue weighted by molar-refractivity contribution is -0.120. The molecule has 10 nitrogen and oxygen atoms in total. The lowest BCUT2D eigenvalue weighted by Crippen LogP contribution is -2.44. The second-order valence-corrected chi connectivity index (χ2v) is 9.14. The second kappa shape index (κ2) is 10.0. The number of rotatable bonds is 8. The van der Waals surface area contributed by atoms with Crippen molar-refractivity contribution in [3.63, 3.8) is 0 Å². The van der Waals surface area contributed by atoms with Gasteiger partial charge in [-0.3, -0.25) is 14.4 Å². The van der Waals surface area contributed by atoms with Crippen LogP contribution in [0.2, 0.25) is 0 Å². The monoisotopic (exact) mass is 438 g/mol. The molecule has 2 saturated heterocycles. The van der Waals surface area contributed by atoms with Gasteiger partial charge in [0, 0.05) is 43.9 Å². The zero-order valence-electron chi connectivity index (χ0n) is 16.6. The summed E-state index contributed by atoms with van der Waals surface area (Å²) in [6, 6.07) is 6.61. The molecule has 0 atom stereocenters. The van der Waals surface area contributed by atoms with E-state index in [0.717, 1.165) is 12.1 Å². The first kappa shape index (κ1) is 22.2. The lowest BCUT2D eigenvalue weighted by Gasteiger charge is -2.26. The van der Waals surface area contributed by atoms with E-state index < -0.39 is 21.8 Å². The lowest BCUT2D eigenvalue weighted by atomic mass is 10.2. The number of ether oxygens (including phenoxy) is 1. The summed E-state index contributed by atoms with van der Waals surface area (Å²) in [5.74, 6) is -1.03. The van der Waals surface area contributed by atoms with Crippen LogP contribution in [0.1, 0.15) is 23.2 Å². The summed E-state index contributed by atoms with van der Waals surface area (Å²) in [5, 5.41) is 5.00. The fraction of sp³-hybridized carbons (Fsp3) is 0.526. The predicted octanol–water partition coefficient (Wildman–Crippen LogP) is -0.679. The number of morpholine rings is 1. The Labute approximate surface area is 175 Å². The highest BCUT2D eigenvalue weighted by molar-refractivity contribution is 7.89. The Kier molecular flexibility index (Phi) is 7.40. The maximum absolute atomic E-state index is 12.2. The third-order valence-corrected chi connectivity index (χ3v) is 6.84. The first-order valence-corrected chi connectivity index (χ1v) is 11.5. The van der Waals surface area contributed by atoms with Crippen molar-refractivity contribution in [3.05, 3.63) is 29.8 Å². The molecule has 1 aromatic carbocycles. The quantitative estimate of drug-likeness (QED) is 0.554. The molecule has 164 valence electrons. The van der Waals surface area contributed by atoms with Gasteiger partial charge in [0.1, 0.15) is 0 Å². The van der Waals surface area contributed by atoms with Crippen molar-refractivity contribution >= 4 is 33.4 Å². The van der Waals surface area contributed by atoms with Crippen molar-refractivity contribution in [1.82, 2.24) is 14.9 Å². The number of hydrogen-bond donors (Lipinski definition) is 2. The topological polar surface area (TPSA) is 125 Å². The van der Waals surface area contributed by atoms with Gasteiger partial charge in [0.2, 0.25) is 21.8 Å². The summed E-state index contributed by atoms with van der Waals surface area (Å²) < 4.78 is 30.9. The van der Waals surface area contributed by atoms with Crippen LogP contribution in [0.25, 0.3) is 0 Å². The van der Waals surface area contributed by atoms with Crippen molar-refractivity contribution in [2.24, 2.45) is 0 Å². The third kappa shape index (κ3) is 5.77. The zero-order chi connectivity index (χ0) is 21.6. The van der Waals surface area contributed by atoms with E-state index in [4.69, 9.17) is 4.74 Å². The Balaban J connectivity index is 1.40. The largest absolute Gasteiger partial charge is 0.379 e. The van der Waals surface area contributed by atoms with E-state index in [9.17, 15) is 22.8 Å². The number of carbonyl (C=O) groups is 3. The van der Waals surface area contributed by atoms with E-state index in [0.29, 0.717) is 44.8 Å². The van der Waals surface area contributed by atoms with Crippen LogP contribution in [0, 0.1) is 0 Å². The van der Waals surface area contributed by atoms with Crippen LogP contribution in [0.4, 0.5) is 5.69 Å². The second-order valence-electron chi connectivity index (χ2n) is 7.06. The van der Waals surface area contributed by atoms with Gasteiger partial charge in [0.15, 0.2) is 0 Å². The average Bonchev–Trinajstić information content (AvgIpc) is 3.18. The summed E-state index contributed by atoms with van der Waals surface area (Å²) >= 11 is 0. The van der Waals surface area contributed by atoms with Gasteiger partial charge in [0.05, 0.1) is 25.5 Å². The minimum absolute atomic E-state index is 0.0348. The standard InChI is InChI=1S/C19H26N4O6S/c24-17(20-7-13-30(27,28)22-9-11-29-12-10-22)14-21-19(26)15-3-5-16(6-4-15)23-8-1-2-18(23)25/h3-6H,1-2,7-14H2,(H,20,24)(H,21,26). The molecule has 3 rings (SSSR count). The highest BCUT2D eigenvalue weighted by atomic mass is 32.2. The Morgan fingerprint density at radius 3 is 2.37 bits per heavy atom. The molecule has 0 spiro atoms. The first-order valence-electron chi connectivity index (χ1n) is 9.88. The predicted molar refractivity (Wildman–Crippen MR) is 110 cm³/mol. The normalized spacial score (nSPS) is 17.7. The molecule has 0 aliphatic carbocycles. The Morgan fingerprint density at radius 2 is 1.73 bits per heavy atom. The fourth-order valence-corrected chi connectivity index (χ4v) is 4.64. The maximum atomic E-state index is 12.2. The number of nitrogens with one attached hydrogen (secondary N) is 2. The molecule has 1 aromatic rings. The number of benzene rings is 1. The first-order chi connectivity index (χ1) is 14.4. The molecule has 0 unspecified atom stereocenters. The third-order valence-electron chi connectivity index (χ3n) is 4.97. The van der Waals surface area contributed by atoms with Crippen molar-refractivity contribution in [1.29, 1.82) is 0 Å². The molecule has 2 aliphatic rings. The van der Waals surface area contributed by atoms with E-state index in [-0.39, 0.29) is 24.7 Å². The molecule has 0 aromatic heterocycles. The highest BCUT2D eigenvalue weighted by Gasteiger charge is 2.24. The number of amides is 3. The van der Waals surface area contributed by atoms with Crippen molar-refractivity contribution in [3.8, 4) is 0 Å². The summed E-state index contributed by atoms with van der Waals surface area (Å²) in [5.41, 5.74) is 1.11. The smallest absolute Gasteiger partial charge is 0.251 e. The fourth-order valence-electron chi connectivity index (χ4n) is 3.31. The van der Waals surface area contributed by atoms with Gasteiger partial charge in [-0.25, -0.2) is 8.42 Å². The van der Waals surface area contributed by atoms with E-state index in [2.05, 4.69) is 10.6 Å². The molecule has 11 heteroatoms. The molecular formula is C19H26N4O6S. The maximum Gasteiger partial charge on any atom is 0.251 e. The van der Waals surface area contributed by atoms with Gasteiger partial charge in [-0.2, -0.15) is 4.31 Å². The van der Waals surface area contributed by atoms with E-state index in [1.807, 2.05) is 0 Å². The summed E-state index contributed by atoms with van der Waals surface area (Å²) in [6.45, 7) is 1.75. The Hall–Kier alpha value is -2.50.